The highest BCUT2D eigenvalue weighted by atomic mass is 16.1. The van der Waals surface area contributed by atoms with E-state index in [0.29, 0.717) is 17.7 Å². The van der Waals surface area contributed by atoms with Gasteiger partial charge in [-0.05, 0) is 39.9 Å². The Morgan fingerprint density at radius 1 is 1.40 bits per heavy atom. The van der Waals surface area contributed by atoms with Gasteiger partial charge in [0.05, 0.1) is 0 Å². The summed E-state index contributed by atoms with van der Waals surface area (Å²) in [7, 11) is 4.30. The zero-order valence-corrected chi connectivity index (χ0v) is 9.91. The lowest BCUT2D eigenvalue weighted by Crippen LogP contribution is -2.34. The molecule has 0 radical (unpaired) electrons. The number of likely N-dealkylation sites (N-methyl/N-ethyl adjacent to an activating group) is 1. The lowest BCUT2D eigenvalue weighted by Gasteiger charge is -2.22. The van der Waals surface area contributed by atoms with Gasteiger partial charge in [0.2, 0.25) is 0 Å². The van der Waals surface area contributed by atoms with Crippen LogP contribution < -0.4 is 0 Å². The first kappa shape index (κ1) is 11.1. The van der Waals surface area contributed by atoms with E-state index in [1.807, 2.05) is 0 Å². The molecule has 1 saturated heterocycles. The van der Waals surface area contributed by atoms with Crippen molar-refractivity contribution in [1.82, 2.24) is 9.80 Å². The van der Waals surface area contributed by atoms with Crippen molar-refractivity contribution in [2.75, 3.05) is 33.7 Å². The molecular formula is C12H22N2O. The number of carbonyl (C=O) groups is 1. The van der Waals surface area contributed by atoms with Crippen LogP contribution in [0.1, 0.15) is 25.7 Å². The second-order valence-corrected chi connectivity index (χ2v) is 5.22. The van der Waals surface area contributed by atoms with Crippen molar-refractivity contribution in [3.8, 4) is 0 Å². The number of carbonyl (C=O) groups excluding carboxylic acids is 1. The van der Waals surface area contributed by atoms with E-state index in [0.717, 1.165) is 32.4 Å². The van der Waals surface area contributed by atoms with E-state index in [4.69, 9.17) is 0 Å². The van der Waals surface area contributed by atoms with E-state index in [1.165, 1.54) is 13.0 Å². The van der Waals surface area contributed by atoms with E-state index in [-0.39, 0.29) is 0 Å². The van der Waals surface area contributed by atoms with E-state index in [2.05, 4.69) is 23.9 Å². The van der Waals surface area contributed by atoms with Crippen LogP contribution in [0.15, 0.2) is 0 Å². The molecule has 0 spiro atoms. The third kappa shape index (κ3) is 2.58. The van der Waals surface area contributed by atoms with Crippen LogP contribution in [-0.4, -0.2) is 55.4 Å². The number of Topliss-reactive ketones (excluding diaryl/α,β-unsaturated/α-hetero) is 1. The minimum Gasteiger partial charge on any atom is -0.305 e. The zero-order chi connectivity index (χ0) is 10.8. The van der Waals surface area contributed by atoms with Crippen LogP contribution in [-0.2, 0) is 4.79 Å². The molecule has 2 fully saturated rings. The first-order valence-corrected chi connectivity index (χ1v) is 6.08. The minimum atomic E-state index is 0.353. The Labute approximate surface area is 92.4 Å². The van der Waals surface area contributed by atoms with Crippen LogP contribution in [0.25, 0.3) is 0 Å². The first-order chi connectivity index (χ1) is 7.16. The molecule has 2 rings (SSSR count). The molecule has 0 N–H and O–H groups in total. The fraction of sp³-hybridized carbons (Fsp3) is 0.917. The minimum absolute atomic E-state index is 0.353. The van der Waals surface area contributed by atoms with Gasteiger partial charge in [-0.1, -0.05) is 0 Å². The van der Waals surface area contributed by atoms with Gasteiger partial charge in [0, 0.05) is 31.5 Å². The van der Waals surface area contributed by atoms with E-state index < -0.39 is 0 Å². The summed E-state index contributed by atoms with van der Waals surface area (Å²) in [5.74, 6) is 0.856. The van der Waals surface area contributed by atoms with Crippen molar-refractivity contribution in [2.24, 2.45) is 5.92 Å². The lowest BCUT2D eigenvalue weighted by molar-refractivity contribution is -0.121. The van der Waals surface area contributed by atoms with E-state index in [9.17, 15) is 4.79 Å². The molecule has 0 aromatic carbocycles. The highest BCUT2D eigenvalue weighted by Crippen LogP contribution is 2.24. The molecule has 1 heterocycles. The molecule has 3 nitrogen and oxygen atoms in total. The summed E-state index contributed by atoms with van der Waals surface area (Å²) >= 11 is 0. The second kappa shape index (κ2) is 4.62. The summed E-state index contributed by atoms with van der Waals surface area (Å²) in [6.07, 6.45) is 4.33. The summed E-state index contributed by atoms with van der Waals surface area (Å²) in [6, 6.07) is 0.696. The Morgan fingerprint density at radius 3 is 2.73 bits per heavy atom. The summed E-state index contributed by atoms with van der Waals surface area (Å²) in [5.41, 5.74) is 0. The van der Waals surface area contributed by atoms with Crippen LogP contribution in [0.3, 0.4) is 0 Å². The average Bonchev–Trinajstić information content (AvgIpc) is 2.77. The molecule has 0 amide bonds. The SMILES string of the molecule is CN(C)C1CCN(CC2CCCC2=O)C1. The zero-order valence-electron chi connectivity index (χ0n) is 9.91. The summed E-state index contributed by atoms with van der Waals surface area (Å²) in [5, 5.41) is 0. The number of nitrogens with zero attached hydrogens (tertiary/aromatic N) is 2. The molecule has 0 aromatic rings. The predicted octanol–water partition coefficient (Wildman–Crippen LogP) is 0.991. The van der Waals surface area contributed by atoms with E-state index in [1.54, 1.807) is 0 Å². The van der Waals surface area contributed by atoms with Gasteiger partial charge in [-0.2, -0.15) is 0 Å². The monoisotopic (exact) mass is 210 g/mol. The largest absolute Gasteiger partial charge is 0.305 e. The Bertz CT molecular complexity index is 240. The van der Waals surface area contributed by atoms with Crippen LogP contribution in [0.2, 0.25) is 0 Å². The third-order valence-corrected chi connectivity index (χ3v) is 3.89. The maximum Gasteiger partial charge on any atom is 0.137 e. The van der Waals surface area contributed by atoms with Crippen molar-refractivity contribution in [1.29, 1.82) is 0 Å². The van der Waals surface area contributed by atoms with Crippen molar-refractivity contribution in [3.63, 3.8) is 0 Å². The fourth-order valence-electron chi connectivity index (χ4n) is 2.79. The normalized spacial score (nSPS) is 33.1. The summed E-state index contributed by atoms with van der Waals surface area (Å²) < 4.78 is 0. The first-order valence-electron chi connectivity index (χ1n) is 6.08. The molecular weight excluding hydrogens is 188 g/mol. The molecule has 1 aliphatic carbocycles. The molecule has 86 valence electrons. The predicted molar refractivity (Wildman–Crippen MR) is 60.9 cm³/mol. The molecule has 1 aliphatic heterocycles. The van der Waals surface area contributed by atoms with Crippen molar-refractivity contribution >= 4 is 5.78 Å². The van der Waals surface area contributed by atoms with Crippen LogP contribution in [0, 0.1) is 5.92 Å². The fourth-order valence-corrected chi connectivity index (χ4v) is 2.79. The van der Waals surface area contributed by atoms with Crippen LogP contribution in [0.5, 0.6) is 0 Å². The number of ketones is 1. The number of hydrogen-bond acceptors (Lipinski definition) is 3. The number of hydrogen-bond donors (Lipinski definition) is 0. The van der Waals surface area contributed by atoms with Gasteiger partial charge in [-0.3, -0.25) is 4.79 Å². The van der Waals surface area contributed by atoms with E-state index >= 15 is 0 Å². The Morgan fingerprint density at radius 2 is 2.20 bits per heavy atom. The molecule has 0 aromatic heterocycles. The topological polar surface area (TPSA) is 23.6 Å². The number of likely N-dealkylation sites (tertiary alicyclic amines) is 1. The smallest absolute Gasteiger partial charge is 0.137 e. The summed E-state index contributed by atoms with van der Waals surface area (Å²) in [4.78, 5) is 16.3. The maximum atomic E-state index is 11.5. The van der Waals surface area contributed by atoms with Gasteiger partial charge < -0.3 is 9.80 Å². The molecule has 3 heteroatoms. The highest BCUT2D eigenvalue weighted by molar-refractivity contribution is 5.83. The quantitative estimate of drug-likeness (QED) is 0.694. The van der Waals surface area contributed by atoms with Gasteiger partial charge in [-0.15, -0.1) is 0 Å². The highest BCUT2D eigenvalue weighted by Gasteiger charge is 2.30. The van der Waals surface area contributed by atoms with Crippen molar-refractivity contribution < 1.29 is 4.79 Å². The van der Waals surface area contributed by atoms with Gasteiger partial charge >= 0.3 is 0 Å². The van der Waals surface area contributed by atoms with Crippen molar-refractivity contribution in [2.45, 2.75) is 31.7 Å². The molecule has 15 heavy (non-hydrogen) atoms. The molecule has 2 atom stereocenters. The maximum absolute atomic E-state index is 11.5. The van der Waals surface area contributed by atoms with Crippen LogP contribution in [0.4, 0.5) is 0 Å². The second-order valence-electron chi connectivity index (χ2n) is 5.22. The van der Waals surface area contributed by atoms with Gasteiger partial charge in [-0.25, -0.2) is 0 Å². The van der Waals surface area contributed by atoms with Crippen molar-refractivity contribution in [3.05, 3.63) is 0 Å². The standard InChI is InChI=1S/C12H22N2O/c1-13(2)11-6-7-14(9-11)8-10-4-3-5-12(10)15/h10-11H,3-9H2,1-2H3. The Kier molecular flexibility index (Phi) is 3.42. The van der Waals surface area contributed by atoms with Crippen LogP contribution >= 0.6 is 0 Å². The molecule has 2 aliphatic rings. The third-order valence-electron chi connectivity index (χ3n) is 3.89. The average molecular weight is 210 g/mol. The lowest BCUT2D eigenvalue weighted by atomic mass is 10.1. The Balaban J connectivity index is 1.79. The summed E-state index contributed by atoms with van der Waals surface area (Å²) in [6.45, 7) is 3.34. The molecule has 0 bridgehead atoms. The molecule has 2 unspecified atom stereocenters. The Hall–Kier alpha value is -0.410. The van der Waals surface area contributed by atoms with Gasteiger partial charge in [0.1, 0.15) is 5.78 Å². The number of rotatable bonds is 3. The van der Waals surface area contributed by atoms with Gasteiger partial charge in [0.15, 0.2) is 0 Å². The molecule has 1 saturated carbocycles. The van der Waals surface area contributed by atoms with Gasteiger partial charge in [0.25, 0.3) is 0 Å².